The molecule has 0 radical (unpaired) electrons. The number of aromatic nitrogens is 1. The van der Waals surface area contributed by atoms with E-state index in [1.165, 1.54) is 6.20 Å². The van der Waals surface area contributed by atoms with Crippen LogP contribution in [0.2, 0.25) is 0 Å². The van der Waals surface area contributed by atoms with Crippen LogP contribution in [0.5, 0.6) is 0 Å². The molecule has 0 saturated heterocycles. The van der Waals surface area contributed by atoms with E-state index in [0.29, 0.717) is 16.8 Å². The number of furan rings is 1. The molecule has 0 aliphatic carbocycles. The normalized spacial score (nSPS) is 11.4. The summed E-state index contributed by atoms with van der Waals surface area (Å²) in [7, 11) is 1.85. The summed E-state index contributed by atoms with van der Waals surface area (Å²) in [4.78, 5) is 3.49. The maximum Gasteiger partial charge on any atom is 0.216 e. The fraction of sp³-hybridized carbons (Fsp3) is 0.217. The van der Waals surface area contributed by atoms with E-state index in [1.54, 1.807) is 16.7 Å². The Kier molecular flexibility index (Phi) is 3.96. The van der Waals surface area contributed by atoms with Gasteiger partial charge in [0, 0.05) is 22.4 Å². The number of pyridine rings is 1. The number of rotatable bonds is 2. The van der Waals surface area contributed by atoms with E-state index in [-0.39, 0.29) is 11.7 Å². The van der Waals surface area contributed by atoms with E-state index < -0.39 is 0 Å². The maximum absolute atomic E-state index is 14.4. The number of nitrogens with zero attached hydrogens (tertiary/aromatic N) is 2. The van der Waals surface area contributed by atoms with Crippen molar-refractivity contribution in [3.63, 3.8) is 0 Å². The molecule has 0 bridgehead atoms. The lowest BCUT2D eigenvalue weighted by molar-refractivity contribution is -0.662. The van der Waals surface area contributed by atoms with Crippen LogP contribution in [0.3, 0.4) is 0 Å². The van der Waals surface area contributed by atoms with E-state index >= 15 is 0 Å². The molecule has 0 aliphatic rings. The Labute approximate surface area is 157 Å². The van der Waals surface area contributed by atoms with Crippen molar-refractivity contribution in [3.8, 4) is 11.3 Å². The predicted octanol–water partition coefficient (Wildman–Crippen LogP) is 6.20. The second-order valence-electron chi connectivity index (χ2n) is 7.26. The van der Waals surface area contributed by atoms with E-state index in [1.807, 2.05) is 46.0 Å². The lowest BCUT2D eigenvalue weighted by Crippen LogP contribution is -2.32. The molecule has 27 heavy (non-hydrogen) atoms. The number of aryl methyl sites for hydroxylation is 2. The van der Waals surface area contributed by atoms with Gasteiger partial charge in [-0.05, 0) is 24.5 Å². The molecule has 4 heteroatoms. The van der Waals surface area contributed by atoms with E-state index in [9.17, 15) is 4.39 Å². The highest BCUT2D eigenvalue weighted by atomic mass is 19.1. The highest BCUT2D eigenvalue weighted by Gasteiger charge is 2.23. The minimum absolute atomic E-state index is 0.0846. The fourth-order valence-electron chi connectivity index (χ4n) is 3.64. The first kappa shape index (κ1) is 17.2. The summed E-state index contributed by atoms with van der Waals surface area (Å²) in [6.07, 6.45) is 1.53. The Morgan fingerprint density at radius 1 is 1.11 bits per heavy atom. The molecule has 0 atom stereocenters. The number of fused-ring (bicyclic) bond motifs is 3. The first-order chi connectivity index (χ1) is 12.9. The summed E-state index contributed by atoms with van der Waals surface area (Å²) in [5, 5.41) is 1.98. The molecule has 0 amide bonds. The van der Waals surface area contributed by atoms with E-state index in [2.05, 4.69) is 10.9 Å². The molecular weight excluding hydrogens is 339 g/mol. The Hall–Kier alpha value is -3.19. The van der Waals surface area contributed by atoms with Crippen molar-refractivity contribution >= 4 is 27.6 Å². The Morgan fingerprint density at radius 3 is 2.56 bits per heavy atom. The number of hydrogen-bond donors (Lipinski definition) is 0. The Bertz CT molecular complexity index is 1250. The fourth-order valence-corrected chi connectivity index (χ4v) is 3.64. The molecule has 4 rings (SSSR count). The molecule has 2 heterocycles. The summed E-state index contributed by atoms with van der Waals surface area (Å²) < 4.78 is 22.4. The van der Waals surface area contributed by atoms with Crippen molar-refractivity contribution in [2.75, 3.05) is 0 Å². The molecule has 134 valence electrons. The molecule has 0 saturated carbocycles. The first-order valence-electron chi connectivity index (χ1n) is 8.93. The molecule has 0 fully saturated rings. The van der Waals surface area contributed by atoms with Crippen LogP contribution in [0.15, 0.2) is 47.0 Å². The molecule has 3 nitrogen and oxygen atoms in total. The van der Waals surface area contributed by atoms with Gasteiger partial charge in [0.1, 0.15) is 18.2 Å². The lowest BCUT2D eigenvalue weighted by atomic mass is 9.97. The zero-order chi connectivity index (χ0) is 19.3. The van der Waals surface area contributed by atoms with Crippen molar-refractivity contribution in [2.24, 2.45) is 7.05 Å². The van der Waals surface area contributed by atoms with Crippen LogP contribution >= 0.6 is 0 Å². The molecule has 0 aliphatic heterocycles. The number of halogens is 1. The Morgan fingerprint density at radius 2 is 1.85 bits per heavy atom. The molecule has 2 aromatic heterocycles. The summed E-state index contributed by atoms with van der Waals surface area (Å²) in [5.74, 6) is -0.117. The SMILES string of the molecule is [C-]#[N+]c1ccc2c(c1)oc1c(-c3cc(C(C)C)c(F)c[n+]3C)c(C)ccc12. The summed E-state index contributed by atoms with van der Waals surface area (Å²) >= 11 is 0. The van der Waals surface area contributed by atoms with E-state index in [4.69, 9.17) is 11.0 Å². The average Bonchev–Trinajstić information content (AvgIpc) is 2.99. The van der Waals surface area contributed by atoms with Gasteiger partial charge in [-0.2, -0.15) is 4.57 Å². The van der Waals surface area contributed by atoms with Crippen LogP contribution in [-0.4, -0.2) is 0 Å². The zero-order valence-corrected chi connectivity index (χ0v) is 15.8. The first-order valence-corrected chi connectivity index (χ1v) is 8.93. The van der Waals surface area contributed by atoms with Crippen LogP contribution in [0, 0.1) is 19.3 Å². The molecule has 0 spiro atoms. The van der Waals surface area contributed by atoms with Gasteiger partial charge < -0.3 is 4.42 Å². The van der Waals surface area contributed by atoms with Gasteiger partial charge in [0.2, 0.25) is 11.9 Å². The lowest BCUT2D eigenvalue weighted by Gasteiger charge is -2.10. The molecule has 4 aromatic rings. The Balaban J connectivity index is 2.09. The highest BCUT2D eigenvalue weighted by Crippen LogP contribution is 2.38. The largest absolute Gasteiger partial charge is 0.456 e. The number of benzene rings is 2. The monoisotopic (exact) mass is 359 g/mol. The third-order valence-electron chi connectivity index (χ3n) is 5.10. The van der Waals surface area contributed by atoms with Crippen molar-refractivity contribution < 1.29 is 13.4 Å². The second kappa shape index (κ2) is 6.21. The average molecular weight is 359 g/mol. The van der Waals surface area contributed by atoms with Gasteiger partial charge in [0.05, 0.1) is 12.1 Å². The van der Waals surface area contributed by atoms with Gasteiger partial charge >= 0.3 is 0 Å². The topological polar surface area (TPSA) is 21.4 Å². The second-order valence-corrected chi connectivity index (χ2v) is 7.26. The smallest absolute Gasteiger partial charge is 0.216 e. The molecule has 0 unspecified atom stereocenters. The quantitative estimate of drug-likeness (QED) is 0.308. The summed E-state index contributed by atoms with van der Waals surface area (Å²) in [5.41, 5.74) is 5.62. The van der Waals surface area contributed by atoms with Gasteiger partial charge in [-0.1, -0.05) is 38.1 Å². The van der Waals surface area contributed by atoms with Gasteiger partial charge in [-0.15, -0.1) is 0 Å². The predicted molar refractivity (Wildman–Crippen MR) is 105 cm³/mol. The zero-order valence-electron chi connectivity index (χ0n) is 15.8. The maximum atomic E-state index is 14.4. The van der Waals surface area contributed by atoms with Gasteiger partial charge in [0.25, 0.3) is 0 Å². The summed E-state index contributed by atoms with van der Waals surface area (Å²) in [6, 6.07) is 11.5. The third kappa shape index (κ3) is 2.67. The standard InChI is InChI=1S/C23H20FN2O/c1-13(2)18-11-20(26(5)12-19(18)24)22-14(3)6-8-17-16-9-7-15(25-4)10-21(16)27-23(17)22/h6-13H,1-3,5H3/q+1. The van der Waals surface area contributed by atoms with Gasteiger partial charge in [0.15, 0.2) is 11.5 Å². The van der Waals surface area contributed by atoms with Crippen LogP contribution in [0.4, 0.5) is 10.1 Å². The van der Waals surface area contributed by atoms with Crippen molar-refractivity contribution in [1.29, 1.82) is 0 Å². The van der Waals surface area contributed by atoms with Crippen LogP contribution in [-0.2, 0) is 7.05 Å². The number of hydrogen-bond acceptors (Lipinski definition) is 1. The third-order valence-corrected chi connectivity index (χ3v) is 5.10. The summed E-state index contributed by atoms with van der Waals surface area (Å²) in [6.45, 7) is 13.2. The van der Waals surface area contributed by atoms with Crippen molar-refractivity contribution in [1.82, 2.24) is 0 Å². The van der Waals surface area contributed by atoms with Crippen LogP contribution < -0.4 is 4.57 Å². The van der Waals surface area contributed by atoms with Crippen LogP contribution in [0.1, 0.15) is 30.9 Å². The van der Waals surface area contributed by atoms with Crippen molar-refractivity contribution in [3.05, 3.63) is 71.0 Å². The van der Waals surface area contributed by atoms with Crippen molar-refractivity contribution in [2.45, 2.75) is 26.7 Å². The minimum Gasteiger partial charge on any atom is -0.456 e. The minimum atomic E-state index is -0.201. The highest BCUT2D eigenvalue weighted by molar-refractivity contribution is 6.10. The van der Waals surface area contributed by atoms with Gasteiger partial charge in [-0.3, -0.25) is 0 Å². The molecule has 2 aromatic carbocycles. The van der Waals surface area contributed by atoms with Gasteiger partial charge in [-0.25, -0.2) is 9.24 Å². The molecular formula is C23H20FN2O+. The van der Waals surface area contributed by atoms with E-state index in [0.717, 1.165) is 33.2 Å². The van der Waals surface area contributed by atoms with Crippen LogP contribution in [0.25, 0.3) is 38.0 Å². The molecule has 0 N–H and O–H groups in total.